The minimum Gasteiger partial charge on any atom is -0.468 e. The molecule has 144 valence electrons. The van der Waals surface area contributed by atoms with Crippen molar-refractivity contribution in [1.29, 1.82) is 0 Å². The molecular weight excluding hydrogens is 429 g/mol. The Kier molecular flexibility index (Phi) is 7.35. The number of carbonyl (C=O) groups is 2. The predicted octanol–water partition coefficient (Wildman–Crippen LogP) is 4.06. The summed E-state index contributed by atoms with van der Waals surface area (Å²) in [5.74, 6) is -0.764. The fourth-order valence-corrected chi connectivity index (χ4v) is 2.39. The number of rotatable bonds is 8. The van der Waals surface area contributed by atoms with Crippen molar-refractivity contribution in [3.05, 3.63) is 58.2 Å². The van der Waals surface area contributed by atoms with Gasteiger partial charge in [-0.2, -0.15) is 13.2 Å². The maximum Gasteiger partial charge on any atom is 0.422 e. The minimum atomic E-state index is -4.48. The van der Waals surface area contributed by atoms with Crippen molar-refractivity contribution in [2.24, 2.45) is 0 Å². The molecule has 0 unspecified atom stereocenters. The van der Waals surface area contributed by atoms with Gasteiger partial charge in [0.2, 0.25) is 11.8 Å². The van der Waals surface area contributed by atoms with Crippen LogP contribution in [0.5, 0.6) is 5.88 Å². The lowest BCUT2D eigenvalue weighted by Crippen LogP contribution is -2.25. The van der Waals surface area contributed by atoms with E-state index in [0.717, 1.165) is 4.47 Å². The predicted molar refractivity (Wildman–Crippen MR) is 95.3 cm³/mol. The monoisotopic (exact) mass is 444 g/mol. The Labute approximate surface area is 162 Å². The van der Waals surface area contributed by atoms with E-state index in [-0.39, 0.29) is 31.0 Å². The summed E-state index contributed by atoms with van der Waals surface area (Å²) in [5, 5.41) is 2.55. The number of benzene rings is 1. The molecule has 1 aromatic heterocycles. The average Bonchev–Trinajstić information content (AvgIpc) is 2.63. The highest BCUT2D eigenvalue weighted by atomic mass is 79.9. The summed E-state index contributed by atoms with van der Waals surface area (Å²) < 4.78 is 42.3. The van der Waals surface area contributed by atoms with Gasteiger partial charge in [-0.25, -0.2) is 4.98 Å². The molecule has 9 heteroatoms. The molecule has 0 bridgehead atoms. The van der Waals surface area contributed by atoms with Crippen LogP contribution in [0.4, 0.5) is 13.2 Å². The number of alkyl halides is 3. The largest absolute Gasteiger partial charge is 0.468 e. The normalized spacial score (nSPS) is 11.1. The van der Waals surface area contributed by atoms with Gasteiger partial charge in [-0.1, -0.05) is 34.1 Å². The molecule has 0 saturated heterocycles. The van der Waals surface area contributed by atoms with Crippen molar-refractivity contribution in [3.63, 3.8) is 0 Å². The highest BCUT2D eigenvalue weighted by molar-refractivity contribution is 9.10. The van der Waals surface area contributed by atoms with Gasteiger partial charge >= 0.3 is 6.18 Å². The second kappa shape index (κ2) is 9.50. The van der Waals surface area contributed by atoms with Crippen LogP contribution in [0.2, 0.25) is 0 Å². The van der Waals surface area contributed by atoms with Crippen molar-refractivity contribution < 1.29 is 27.5 Å². The molecular formula is C18H16BrF3N2O3. The third kappa shape index (κ3) is 7.38. The summed E-state index contributed by atoms with van der Waals surface area (Å²) in [4.78, 5) is 27.7. The zero-order valence-electron chi connectivity index (χ0n) is 14.1. The van der Waals surface area contributed by atoms with E-state index in [0.29, 0.717) is 11.1 Å². The maximum absolute atomic E-state index is 12.3. The van der Waals surface area contributed by atoms with Gasteiger partial charge in [-0.15, -0.1) is 0 Å². The molecule has 2 rings (SSSR count). The fraction of sp³-hybridized carbons (Fsp3) is 0.278. The van der Waals surface area contributed by atoms with Crippen LogP contribution in [-0.4, -0.2) is 29.5 Å². The molecule has 0 spiro atoms. The highest BCUT2D eigenvalue weighted by Gasteiger charge is 2.29. The molecule has 5 nitrogen and oxygen atoms in total. The van der Waals surface area contributed by atoms with E-state index in [2.05, 4.69) is 31.0 Å². The van der Waals surface area contributed by atoms with E-state index in [9.17, 15) is 22.8 Å². The Morgan fingerprint density at radius 2 is 1.81 bits per heavy atom. The number of carbonyl (C=O) groups excluding carboxylic acids is 2. The topological polar surface area (TPSA) is 68.3 Å². The van der Waals surface area contributed by atoms with Gasteiger partial charge in [0.1, 0.15) is 0 Å². The lowest BCUT2D eigenvalue weighted by atomic mass is 10.1. The van der Waals surface area contributed by atoms with Gasteiger partial charge in [0.15, 0.2) is 12.4 Å². The maximum atomic E-state index is 12.3. The van der Waals surface area contributed by atoms with Crippen molar-refractivity contribution >= 4 is 27.6 Å². The molecule has 1 heterocycles. The van der Waals surface area contributed by atoms with Crippen molar-refractivity contribution in [2.45, 2.75) is 25.6 Å². The number of hydrogen-bond donors (Lipinski definition) is 1. The third-order valence-corrected chi connectivity index (χ3v) is 3.97. The number of Topliss-reactive ketones (excluding diaryl/α,β-unsaturated/α-hetero) is 1. The quantitative estimate of drug-likeness (QED) is 0.623. The van der Waals surface area contributed by atoms with E-state index in [1.165, 1.54) is 18.3 Å². The molecule has 2 aromatic rings. The number of pyridine rings is 1. The first-order valence-electron chi connectivity index (χ1n) is 7.93. The summed E-state index contributed by atoms with van der Waals surface area (Å²) in [6.07, 6.45) is -3.19. The molecule has 27 heavy (non-hydrogen) atoms. The Bertz CT molecular complexity index is 795. The van der Waals surface area contributed by atoms with Gasteiger partial charge < -0.3 is 10.1 Å². The van der Waals surface area contributed by atoms with Crippen LogP contribution in [-0.2, 0) is 11.3 Å². The standard InChI is InChI=1S/C18H16BrF3N2O3/c19-14-5-3-12(4-6-14)15(25)7-8-16(26)24-10-13-2-1-9-23-17(13)27-11-18(20,21)22/h1-6,9H,7-8,10-11H2,(H,24,26). The number of amides is 1. The number of aromatic nitrogens is 1. The summed E-state index contributed by atoms with van der Waals surface area (Å²) in [6, 6.07) is 9.82. The number of hydrogen-bond acceptors (Lipinski definition) is 4. The third-order valence-electron chi connectivity index (χ3n) is 3.44. The number of halogens is 4. The van der Waals surface area contributed by atoms with Crippen LogP contribution in [0.1, 0.15) is 28.8 Å². The fourth-order valence-electron chi connectivity index (χ4n) is 2.13. The summed E-state index contributed by atoms with van der Waals surface area (Å²) >= 11 is 3.27. The molecule has 0 saturated carbocycles. The summed E-state index contributed by atoms with van der Waals surface area (Å²) in [7, 11) is 0. The Morgan fingerprint density at radius 1 is 1.11 bits per heavy atom. The second-order valence-corrected chi connectivity index (χ2v) is 6.49. The summed E-state index contributed by atoms with van der Waals surface area (Å²) in [5.41, 5.74) is 0.815. The van der Waals surface area contributed by atoms with E-state index in [1.54, 1.807) is 24.3 Å². The molecule has 1 N–H and O–H groups in total. The van der Waals surface area contributed by atoms with E-state index in [1.807, 2.05) is 0 Å². The van der Waals surface area contributed by atoms with Gasteiger partial charge in [-0.05, 0) is 18.2 Å². The zero-order valence-corrected chi connectivity index (χ0v) is 15.6. The average molecular weight is 445 g/mol. The van der Waals surface area contributed by atoms with Crippen molar-refractivity contribution in [3.8, 4) is 5.88 Å². The van der Waals surface area contributed by atoms with Crippen molar-refractivity contribution in [2.75, 3.05) is 6.61 Å². The molecule has 1 amide bonds. The summed E-state index contributed by atoms with van der Waals surface area (Å²) in [6.45, 7) is -1.51. The number of ketones is 1. The van der Waals surface area contributed by atoms with Crippen molar-refractivity contribution in [1.82, 2.24) is 10.3 Å². The van der Waals surface area contributed by atoms with E-state index < -0.39 is 18.7 Å². The van der Waals surface area contributed by atoms with Crippen LogP contribution in [0.3, 0.4) is 0 Å². The second-order valence-electron chi connectivity index (χ2n) is 5.58. The highest BCUT2D eigenvalue weighted by Crippen LogP contribution is 2.20. The van der Waals surface area contributed by atoms with Gasteiger partial charge in [-0.3, -0.25) is 9.59 Å². The first-order valence-corrected chi connectivity index (χ1v) is 8.73. The lowest BCUT2D eigenvalue weighted by Gasteiger charge is -2.12. The molecule has 0 aliphatic rings. The first kappa shape index (κ1) is 20.9. The van der Waals surface area contributed by atoms with Gasteiger partial charge in [0.05, 0.1) is 0 Å². The minimum absolute atomic E-state index is 0.0257. The smallest absolute Gasteiger partial charge is 0.422 e. The van der Waals surface area contributed by atoms with Gasteiger partial charge in [0, 0.05) is 41.2 Å². The van der Waals surface area contributed by atoms with Crippen LogP contribution >= 0.6 is 15.9 Å². The first-order chi connectivity index (χ1) is 12.7. The Balaban J connectivity index is 1.83. The molecule has 0 aliphatic heterocycles. The Morgan fingerprint density at radius 3 is 2.48 bits per heavy atom. The van der Waals surface area contributed by atoms with Crippen LogP contribution in [0.25, 0.3) is 0 Å². The van der Waals surface area contributed by atoms with Crippen LogP contribution < -0.4 is 10.1 Å². The van der Waals surface area contributed by atoms with E-state index >= 15 is 0 Å². The molecule has 0 radical (unpaired) electrons. The Hall–Kier alpha value is -2.42. The molecule has 0 fully saturated rings. The number of nitrogens with zero attached hydrogens (tertiary/aromatic N) is 1. The number of nitrogens with one attached hydrogen (secondary N) is 1. The van der Waals surface area contributed by atoms with Crippen LogP contribution in [0, 0.1) is 0 Å². The van der Waals surface area contributed by atoms with Gasteiger partial charge in [0.25, 0.3) is 0 Å². The van der Waals surface area contributed by atoms with E-state index in [4.69, 9.17) is 0 Å². The molecule has 0 aliphatic carbocycles. The SMILES string of the molecule is O=C(CCC(=O)c1ccc(Br)cc1)NCc1cccnc1OCC(F)(F)F. The zero-order chi connectivity index (χ0) is 19.9. The molecule has 0 atom stereocenters. The number of ether oxygens (including phenoxy) is 1. The van der Waals surface area contributed by atoms with Crippen LogP contribution in [0.15, 0.2) is 47.1 Å². The molecule has 1 aromatic carbocycles. The lowest BCUT2D eigenvalue weighted by molar-refractivity contribution is -0.154.